The first-order valence-electron chi connectivity index (χ1n) is 7.94. The van der Waals surface area contributed by atoms with E-state index in [2.05, 4.69) is 0 Å². The summed E-state index contributed by atoms with van der Waals surface area (Å²) in [4.78, 5) is 23.9. The number of carbonyl (C=O) groups excluding carboxylic acids is 2. The molecule has 0 aliphatic rings. The Morgan fingerprint density at radius 3 is 2.41 bits per heavy atom. The van der Waals surface area contributed by atoms with Crippen molar-refractivity contribution in [2.24, 2.45) is 0 Å². The number of nitriles is 1. The van der Waals surface area contributed by atoms with Gasteiger partial charge in [0.25, 0.3) is 0 Å². The zero-order valence-electron chi connectivity index (χ0n) is 14.4. The van der Waals surface area contributed by atoms with Gasteiger partial charge >= 0.3 is 5.97 Å². The van der Waals surface area contributed by atoms with Crippen molar-refractivity contribution in [3.63, 3.8) is 0 Å². The molecule has 0 N–H and O–H groups in total. The van der Waals surface area contributed by atoms with Crippen LogP contribution in [0.2, 0.25) is 0 Å². The monoisotopic (exact) mass is 371 g/mol. The quantitative estimate of drug-likeness (QED) is 0.321. The second-order valence-electron chi connectivity index (χ2n) is 5.30. The zero-order valence-corrected chi connectivity index (χ0v) is 14.4. The van der Waals surface area contributed by atoms with Crippen LogP contribution in [-0.2, 0) is 9.53 Å². The van der Waals surface area contributed by atoms with Crippen LogP contribution in [0, 0.1) is 23.0 Å². The van der Waals surface area contributed by atoms with Crippen LogP contribution in [0.25, 0.3) is 6.08 Å². The van der Waals surface area contributed by atoms with Crippen molar-refractivity contribution in [3.05, 3.63) is 70.8 Å². The molecule has 0 aliphatic carbocycles. The number of nitrogens with zero attached hydrogens (tertiary/aromatic N) is 1. The van der Waals surface area contributed by atoms with Crippen molar-refractivity contribution in [1.82, 2.24) is 0 Å². The molecule has 0 unspecified atom stereocenters. The van der Waals surface area contributed by atoms with E-state index >= 15 is 0 Å². The van der Waals surface area contributed by atoms with Gasteiger partial charge in [-0.05, 0) is 48.9 Å². The summed E-state index contributed by atoms with van der Waals surface area (Å²) in [5.74, 6) is -3.34. The Labute approximate surface area is 154 Å². The number of ether oxygens (including phenoxy) is 2. The Hall–Kier alpha value is -3.53. The highest BCUT2D eigenvalue weighted by molar-refractivity contribution is 6.01. The van der Waals surface area contributed by atoms with Gasteiger partial charge in [0.1, 0.15) is 17.4 Å². The summed E-state index contributed by atoms with van der Waals surface area (Å²) in [5, 5.41) is 9.13. The van der Waals surface area contributed by atoms with Gasteiger partial charge in [-0.1, -0.05) is 12.1 Å². The van der Waals surface area contributed by atoms with Crippen molar-refractivity contribution in [2.45, 2.75) is 6.92 Å². The molecule has 0 aromatic heterocycles. The molecule has 27 heavy (non-hydrogen) atoms. The summed E-state index contributed by atoms with van der Waals surface area (Å²) in [6.45, 7) is 1.66. The third kappa shape index (κ3) is 5.47. The Balaban J connectivity index is 2.02. The van der Waals surface area contributed by atoms with E-state index in [0.717, 1.165) is 12.1 Å². The predicted molar refractivity (Wildman–Crippen MR) is 92.8 cm³/mol. The second-order valence-corrected chi connectivity index (χ2v) is 5.30. The molecule has 138 valence electrons. The summed E-state index contributed by atoms with van der Waals surface area (Å²) >= 11 is 0. The molecule has 0 spiro atoms. The Morgan fingerprint density at radius 2 is 1.81 bits per heavy atom. The highest BCUT2D eigenvalue weighted by atomic mass is 19.2. The molecule has 0 saturated carbocycles. The van der Waals surface area contributed by atoms with Crippen molar-refractivity contribution < 1.29 is 27.8 Å². The van der Waals surface area contributed by atoms with E-state index in [4.69, 9.17) is 14.7 Å². The lowest BCUT2D eigenvalue weighted by Gasteiger charge is -2.05. The maximum absolute atomic E-state index is 13.1. The van der Waals surface area contributed by atoms with Gasteiger partial charge in [-0.25, -0.2) is 13.6 Å². The average molecular weight is 371 g/mol. The van der Waals surface area contributed by atoms with Gasteiger partial charge in [0.2, 0.25) is 0 Å². The van der Waals surface area contributed by atoms with Gasteiger partial charge in [-0.15, -0.1) is 0 Å². The van der Waals surface area contributed by atoms with E-state index in [9.17, 15) is 18.4 Å². The summed E-state index contributed by atoms with van der Waals surface area (Å²) in [7, 11) is 0. The fourth-order valence-electron chi connectivity index (χ4n) is 2.09. The molecule has 0 fully saturated rings. The van der Waals surface area contributed by atoms with E-state index in [1.807, 2.05) is 6.92 Å². The maximum atomic E-state index is 13.1. The van der Waals surface area contributed by atoms with Crippen LogP contribution in [0.3, 0.4) is 0 Å². The smallest absolute Gasteiger partial charge is 0.349 e. The molecule has 0 saturated heterocycles. The number of Topliss-reactive ketones (excluding diaryl/α,β-unsaturated/α-hetero) is 1. The minimum Gasteiger partial charge on any atom is -0.494 e. The summed E-state index contributed by atoms with van der Waals surface area (Å²) in [5.41, 5.74) is 0.117. The Bertz CT molecular complexity index is 915. The highest BCUT2D eigenvalue weighted by Crippen LogP contribution is 2.15. The van der Waals surface area contributed by atoms with E-state index in [1.165, 1.54) is 6.08 Å². The number of carbonyl (C=O) groups is 2. The fraction of sp³-hybridized carbons (Fsp3) is 0.150. The lowest BCUT2D eigenvalue weighted by molar-refractivity contribution is -0.137. The Kier molecular flexibility index (Phi) is 6.78. The van der Waals surface area contributed by atoms with E-state index in [-0.39, 0.29) is 11.1 Å². The minimum atomic E-state index is -1.18. The van der Waals surface area contributed by atoms with E-state index in [1.54, 1.807) is 30.3 Å². The minimum absolute atomic E-state index is 0.143. The standard InChI is InChI=1S/C20H15F2NO4/c1-2-26-16-6-3-13(4-7-16)9-15(11-23)20(25)27-12-19(24)14-5-8-17(21)18(22)10-14/h3-10H,2,12H2,1H3/b15-9+. The third-order valence-electron chi connectivity index (χ3n) is 3.42. The van der Waals surface area contributed by atoms with Crippen molar-refractivity contribution in [3.8, 4) is 11.8 Å². The lowest BCUT2D eigenvalue weighted by atomic mass is 10.1. The van der Waals surface area contributed by atoms with Crippen LogP contribution in [0.1, 0.15) is 22.8 Å². The summed E-state index contributed by atoms with van der Waals surface area (Å²) in [6.07, 6.45) is 1.31. The highest BCUT2D eigenvalue weighted by Gasteiger charge is 2.15. The molecular weight excluding hydrogens is 356 g/mol. The average Bonchev–Trinajstić information content (AvgIpc) is 2.67. The molecule has 2 aromatic carbocycles. The van der Waals surface area contributed by atoms with Crippen LogP contribution in [0.4, 0.5) is 8.78 Å². The fourth-order valence-corrected chi connectivity index (χ4v) is 2.09. The number of halogens is 2. The van der Waals surface area contributed by atoms with Crippen LogP contribution in [-0.4, -0.2) is 25.0 Å². The van der Waals surface area contributed by atoms with E-state index < -0.39 is 30.0 Å². The van der Waals surface area contributed by atoms with Crippen molar-refractivity contribution in [1.29, 1.82) is 5.26 Å². The van der Waals surface area contributed by atoms with Crippen LogP contribution >= 0.6 is 0 Å². The van der Waals surface area contributed by atoms with Gasteiger partial charge in [0, 0.05) is 5.56 Å². The first-order valence-corrected chi connectivity index (χ1v) is 7.94. The van der Waals surface area contributed by atoms with E-state index in [0.29, 0.717) is 24.0 Å². The molecule has 0 amide bonds. The van der Waals surface area contributed by atoms with Crippen LogP contribution in [0.5, 0.6) is 5.75 Å². The van der Waals surface area contributed by atoms with Crippen LogP contribution < -0.4 is 4.74 Å². The SMILES string of the molecule is CCOc1ccc(/C=C(\C#N)C(=O)OCC(=O)c2ccc(F)c(F)c2)cc1. The van der Waals surface area contributed by atoms with Crippen molar-refractivity contribution >= 4 is 17.8 Å². The second kappa shape index (κ2) is 9.25. The molecule has 7 heteroatoms. The largest absolute Gasteiger partial charge is 0.494 e. The summed E-state index contributed by atoms with van der Waals surface area (Å²) < 4.78 is 36.1. The molecule has 2 aromatic rings. The molecule has 0 bridgehead atoms. The maximum Gasteiger partial charge on any atom is 0.349 e. The molecular formula is C20H15F2NO4. The molecule has 0 atom stereocenters. The number of hydrogen-bond donors (Lipinski definition) is 0. The third-order valence-corrected chi connectivity index (χ3v) is 3.42. The molecule has 0 aliphatic heterocycles. The Morgan fingerprint density at radius 1 is 1.11 bits per heavy atom. The number of benzene rings is 2. The lowest BCUT2D eigenvalue weighted by Crippen LogP contribution is -2.15. The number of esters is 1. The number of ketones is 1. The van der Waals surface area contributed by atoms with Gasteiger partial charge in [0.15, 0.2) is 24.0 Å². The zero-order chi connectivity index (χ0) is 19.8. The van der Waals surface area contributed by atoms with Crippen LogP contribution in [0.15, 0.2) is 48.0 Å². The van der Waals surface area contributed by atoms with Gasteiger partial charge in [-0.3, -0.25) is 4.79 Å². The molecule has 0 heterocycles. The van der Waals surface area contributed by atoms with Crippen molar-refractivity contribution in [2.75, 3.05) is 13.2 Å². The first kappa shape index (κ1) is 19.8. The van der Waals surface area contributed by atoms with Gasteiger partial charge < -0.3 is 9.47 Å². The first-order chi connectivity index (χ1) is 12.9. The molecule has 0 radical (unpaired) electrons. The molecule has 5 nitrogen and oxygen atoms in total. The van der Waals surface area contributed by atoms with Gasteiger partial charge in [-0.2, -0.15) is 5.26 Å². The normalized spacial score (nSPS) is 10.8. The van der Waals surface area contributed by atoms with Gasteiger partial charge in [0.05, 0.1) is 6.61 Å². The summed E-state index contributed by atoms with van der Waals surface area (Å²) in [6, 6.07) is 11.0. The topological polar surface area (TPSA) is 76.4 Å². The predicted octanol–water partition coefficient (Wildman–Crippen LogP) is 3.70. The molecule has 2 rings (SSSR count). The number of rotatable bonds is 7. The number of hydrogen-bond acceptors (Lipinski definition) is 5.